The Morgan fingerprint density at radius 3 is 3.09 bits per heavy atom. The quantitative estimate of drug-likeness (QED) is 0.586. The standard InChI is InChI=1S/C7H10N4/c1-4-11-5-9-10-7(11)6(2)8-3/h4-5H,1H2,2-3H3/b8-6-. The first-order chi connectivity index (χ1) is 5.29. The Kier molecular flexibility index (Phi) is 2.15. The molecule has 58 valence electrons. The lowest BCUT2D eigenvalue weighted by atomic mass is 10.4. The van der Waals surface area contributed by atoms with E-state index < -0.39 is 0 Å². The van der Waals surface area contributed by atoms with Crippen molar-refractivity contribution in [2.45, 2.75) is 6.92 Å². The number of hydrogen-bond acceptors (Lipinski definition) is 3. The fraction of sp³-hybridized carbons (Fsp3) is 0.286. The first-order valence-electron chi connectivity index (χ1n) is 3.25. The minimum Gasteiger partial charge on any atom is -0.289 e. The van der Waals surface area contributed by atoms with Crippen molar-refractivity contribution in [1.29, 1.82) is 0 Å². The third-order valence-electron chi connectivity index (χ3n) is 1.43. The third-order valence-corrected chi connectivity index (χ3v) is 1.43. The summed E-state index contributed by atoms with van der Waals surface area (Å²) >= 11 is 0. The second kappa shape index (κ2) is 3.09. The molecule has 0 aromatic carbocycles. The SMILES string of the molecule is C=Cn1cnnc1/C(C)=N\C. The van der Waals surface area contributed by atoms with E-state index in [-0.39, 0.29) is 0 Å². The van der Waals surface area contributed by atoms with Crippen molar-refractivity contribution in [3.8, 4) is 0 Å². The molecule has 0 fully saturated rings. The van der Waals surface area contributed by atoms with Crippen LogP contribution in [0.25, 0.3) is 6.20 Å². The lowest BCUT2D eigenvalue weighted by Crippen LogP contribution is -2.02. The third kappa shape index (κ3) is 1.34. The zero-order valence-electron chi connectivity index (χ0n) is 6.65. The van der Waals surface area contributed by atoms with Gasteiger partial charge in [0.25, 0.3) is 0 Å². The van der Waals surface area contributed by atoms with Crippen LogP contribution < -0.4 is 0 Å². The summed E-state index contributed by atoms with van der Waals surface area (Å²) < 4.78 is 1.72. The second-order valence-electron chi connectivity index (χ2n) is 2.05. The number of rotatable bonds is 2. The first-order valence-corrected chi connectivity index (χ1v) is 3.25. The van der Waals surface area contributed by atoms with E-state index in [2.05, 4.69) is 21.8 Å². The summed E-state index contributed by atoms with van der Waals surface area (Å²) in [6.45, 7) is 5.49. The molecule has 1 rings (SSSR count). The maximum atomic E-state index is 3.99. The highest BCUT2D eigenvalue weighted by molar-refractivity contribution is 5.95. The predicted octanol–water partition coefficient (Wildman–Crippen LogP) is 0.817. The molecule has 11 heavy (non-hydrogen) atoms. The molecule has 1 aromatic heterocycles. The smallest absolute Gasteiger partial charge is 0.181 e. The van der Waals surface area contributed by atoms with Crippen molar-refractivity contribution >= 4 is 11.9 Å². The number of hydrogen-bond donors (Lipinski definition) is 0. The van der Waals surface area contributed by atoms with Crippen molar-refractivity contribution in [2.24, 2.45) is 4.99 Å². The van der Waals surface area contributed by atoms with Gasteiger partial charge in [-0.15, -0.1) is 10.2 Å². The van der Waals surface area contributed by atoms with Crippen LogP contribution in [0.15, 0.2) is 17.9 Å². The van der Waals surface area contributed by atoms with Crippen LogP contribution in [0.5, 0.6) is 0 Å². The van der Waals surface area contributed by atoms with Gasteiger partial charge in [-0.05, 0) is 6.92 Å². The van der Waals surface area contributed by atoms with Crippen LogP contribution in [-0.2, 0) is 0 Å². The molecular formula is C7H10N4. The maximum absolute atomic E-state index is 3.99. The maximum Gasteiger partial charge on any atom is 0.181 e. The van der Waals surface area contributed by atoms with E-state index in [1.165, 1.54) is 0 Å². The molecule has 1 aromatic rings. The second-order valence-corrected chi connectivity index (χ2v) is 2.05. The van der Waals surface area contributed by atoms with E-state index in [0.717, 1.165) is 11.5 Å². The van der Waals surface area contributed by atoms with Gasteiger partial charge in [-0.3, -0.25) is 9.56 Å². The van der Waals surface area contributed by atoms with Gasteiger partial charge in [0.15, 0.2) is 5.82 Å². The highest BCUT2D eigenvalue weighted by Gasteiger charge is 2.02. The van der Waals surface area contributed by atoms with Crippen molar-refractivity contribution in [3.63, 3.8) is 0 Å². The molecule has 0 radical (unpaired) electrons. The summed E-state index contributed by atoms with van der Waals surface area (Å²) in [6, 6.07) is 0. The Morgan fingerprint density at radius 1 is 1.82 bits per heavy atom. The molecule has 0 saturated heterocycles. The van der Waals surface area contributed by atoms with Crippen LogP contribution in [0.2, 0.25) is 0 Å². The van der Waals surface area contributed by atoms with Gasteiger partial charge >= 0.3 is 0 Å². The van der Waals surface area contributed by atoms with Gasteiger partial charge in [-0.25, -0.2) is 0 Å². The highest BCUT2D eigenvalue weighted by Crippen LogP contribution is 1.96. The number of aliphatic imine (C=N–C) groups is 1. The Labute approximate surface area is 65.3 Å². The molecule has 0 aliphatic rings. The molecule has 0 aliphatic carbocycles. The zero-order valence-corrected chi connectivity index (χ0v) is 6.65. The molecule has 0 bridgehead atoms. The normalized spacial score (nSPS) is 11.6. The van der Waals surface area contributed by atoms with Gasteiger partial charge in [0.1, 0.15) is 6.33 Å². The molecule has 0 saturated carbocycles. The summed E-state index contributed by atoms with van der Waals surface area (Å²) in [5, 5.41) is 7.59. The largest absolute Gasteiger partial charge is 0.289 e. The predicted molar refractivity (Wildman–Crippen MR) is 44.5 cm³/mol. The molecule has 0 unspecified atom stereocenters. The number of aromatic nitrogens is 3. The molecule has 0 N–H and O–H groups in total. The fourth-order valence-electron chi connectivity index (χ4n) is 0.735. The lowest BCUT2D eigenvalue weighted by Gasteiger charge is -1.96. The monoisotopic (exact) mass is 150 g/mol. The van der Waals surface area contributed by atoms with Crippen molar-refractivity contribution in [2.75, 3.05) is 7.05 Å². The highest BCUT2D eigenvalue weighted by atomic mass is 15.3. The van der Waals surface area contributed by atoms with Crippen LogP contribution in [0.4, 0.5) is 0 Å². The van der Waals surface area contributed by atoms with E-state index >= 15 is 0 Å². The molecule has 0 atom stereocenters. The van der Waals surface area contributed by atoms with Gasteiger partial charge < -0.3 is 0 Å². The molecular weight excluding hydrogens is 140 g/mol. The van der Waals surface area contributed by atoms with Gasteiger partial charge in [0, 0.05) is 13.2 Å². The lowest BCUT2D eigenvalue weighted by molar-refractivity contribution is 1.07. The molecule has 0 amide bonds. The van der Waals surface area contributed by atoms with E-state index in [0.29, 0.717) is 0 Å². The molecule has 4 nitrogen and oxygen atoms in total. The zero-order chi connectivity index (χ0) is 8.27. The first kappa shape index (κ1) is 7.65. The van der Waals surface area contributed by atoms with Crippen molar-refractivity contribution in [1.82, 2.24) is 14.8 Å². The minimum atomic E-state index is 0.738. The van der Waals surface area contributed by atoms with Gasteiger partial charge in [0.05, 0.1) is 5.71 Å². The Hall–Kier alpha value is -1.45. The Morgan fingerprint density at radius 2 is 2.55 bits per heavy atom. The van der Waals surface area contributed by atoms with E-state index in [1.807, 2.05) is 6.92 Å². The summed E-state index contributed by atoms with van der Waals surface area (Å²) in [6.07, 6.45) is 3.24. The van der Waals surface area contributed by atoms with Gasteiger partial charge in [-0.1, -0.05) is 6.58 Å². The summed E-state index contributed by atoms with van der Waals surface area (Å²) in [5.74, 6) is 0.738. The van der Waals surface area contributed by atoms with Crippen LogP contribution >= 0.6 is 0 Å². The Balaban J connectivity index is 3.12. The van der Waals surface area contributed by atoms with Crippen LogP contribution in [0, 0.1) is 0 Å². The average molecular weight is 150 g/mol. The van der Waals surface area contributed by atoms with Crippen LogP contribution in [0.3, 0.4) is 0 Å². The topological polar surface area (TPSA) is 43.1 Å². The summed E-state index contributed by atoms with van der Waals surface area (Å²) in [4.78, 5) is 3.99. The van der Waals surface area contributed by atoms with E-state index in [1.54, 1.807) is 24.1 Å². The molecule has 0 spiro atoms. The molecule has 4 heteroatoms. The molecule has 0 aliphatic heterocycles. The summed E-state index contributed by atoms with van der Waals surface area (Å²) in [5.41, 5.74) is 0.849. The van der Waals surface area contributed by atoms with Gasteiger partial charge in [-0.2, -0.15) is 0 Å². The van der Waals surface area contributed by atoms with Gasteiger partial charge in [0.2, 0.25) is 0 Å². The Bertz CT molecular complexity index is 284. The fourth-order valence-corrected chi connectivity index (χ4v) is 0.735. The van der Waals surface area contributed by atoms with Crippen LogP contribution in [-0.4, -0.2) is 27.5 Å². The summed E-state index contributed by atoms with van der Waals surface area (Å²) in [7, 11) is 1.72. The van der Waals surface area contributed by atoms with Crippen molar-refractivity contribution in [3.05, 3.63) is 18.7 Å². The van der Waals surface area contributed by atoms with Crippen molar-refractivity contribution < 1.29 is 0 Å². The molecule has 1 heterocycles. The minimum absolute atomic E-state index is 0.738. The van der Waals surface area contributed by atoms with E-state index in [4.69, 9.17) is 0 Å². The van der Waals surface area contributed by atoms with E-state index in [9.17, 15) is 0 Å². The number of nitrogens with zero attached hydrogens (tertiary/aromatic N) is 4. The van der Waals surface area contributed by atoms with Crippen LogP contribution in [0.1, 0.15) is 12.7 Å². The average Bonchev–Trinajstić information content (AvgIpc) is 2.50.